The number of hydrogen-bond donors (Lipinski definition) is 2. The highest BCUT2D eigenvalue weighted by atomic mass is 16.5. The molecule has 1 unspecified atom stereocenters. The first-order chi connectivity index (χ1) is 9.81. The summed E-state index contributed by atoms with van der Waals surface area (Å²) in [7, 11) is 3.65. The summed E-state index contributed by atoms with van der Waals surface area (Å²) in [5.41, 5.74) is 3.76. The van der Waals surface area contributed by atoms with Crippen molar-refractivity contribution < 1.29 is 4.74 Å². The fourth-order valence-electron chi connectivity index (χ4n) is 2.87. The molecule has 0 spiro atoms. The van der Waals surface area contributed by atoms with Crippen molar-refractivity contribution in [3.8, 4) is 5.75 Å². The van der Waals surface area contributed by atoms with E-state index in [9.17, 15) is 0 Å². The first-order valence-corrected chi connectivity index (χ1v) is 7.20. The minimum absolute atomic E-state index is 0.103. The highest BCUT2D eigenvalue weighted by molar-refractivity contribution is 5.33. The molecule has 1 aliphatic carbocycles. The lowest BCUT2D eigenvalue weighted by Crippen LogP contribution is -2.19. The van der Waals surface area contributed by atoms with E-state index in [0.29, 0.717) is 0 Å². The summed E-state index contributed by atoms with van der Waals surface area (Å²) in [5.74, 6) is 1.90. The molecule has 0 radical (unpaired) electrons. The van der Waals surface area contributed by atoms with E-state index in [0.717, 1.165) is 24.4 Å². The maximum Gasteiger partial charge on any atom is 0.128 e. The molecule has 2 N–H and O–H groups in total. The van der Waals surface area contributed by atoms with Crippen LogP contribution < -0.4 is 10.1 Å². The summed E-state index contributed by atoms with van der Waals surface area (Å²) in [6.07, 6.45) is 4.75. The number of hydrogen-bond acceptors (Lipinski definition) is 3. The van der Waals surface area contributed by atoms with E-state index >= 15 is 0 Å². The Kier molecular flexibility index (Phi) is 3.74. The molecule has 1 atom stereocenters. The Bertz CT molecular complexity index is 550. The first kappa shape index (κ1) is 13.2. The van der Waals surface area contributed by atoms with Crippen molar-refractivity contribution in [2.45, 2.75) is 31.7 Å². The van der Waals surface area contributed by atoms with Crippen LogP contribution in [0.1, 0.15) is 41.7 Å². The maximum atomic E-state index is 5.21. The summed E-state index contributed by atoms with van der Waals surface area (Å²) >= 11 is 0. The zero-order valence-corrected chi connectivity index (χ0v) is 12.1. The number of nitrogens with one attached hydrogen (secondary N) is 2. The smallest absolute Gasteiger partial charge is 0.128 e. The van der Waals surface area contributed by atoms with Gasteiger partial charge in [-0.1, -0.05) is 12.1 Å². The molecule has 0 bridgehead atoms. The van der Waals surface area contributed by atoms with E-state index in [1.54, 1.807) is 7.11 Å². The lowest BCUT2D eigenvalue weighted by Gasteiger charge is -2.14. The summed E-state index contributed by atoms with van der Waals surface area (Å²) in [6.45, 7) is 0. The van der Waals surface area contributed by atoms with Gasteiger partial charge in [0, 0.05) is 5.69 Å². The third-order valence-corrected chi connectivity index (χ3v) is 3.98. The highest BCUT2D eigenvalue weighted by Crippen LogP contribution is 2.25. The van der Waals surface area contributed by atoms with Crippen LogP contribution in [0, 0.1) is 0 Å². The highest BCUT2D eigenvalue weighted by Gasteiger charge is 2.20. The molecule has 1 aliphatic rings. The molecule has 0 aliphatic heterocycles. The van der Waals surface area contributed by atoms with Gasteiger partial charge >= 0.3 is 0 Å². The van der Waals surface area contributed by atoms with Crippen LogP contribution in [0.25, 0.3) is 0 Å². The van der Waals surface area contributed by atoms with Crippen molar-refractivity contribution in [1.29, 1.82) is 0 Å². The number of imidazole rings is 1. The number of benzene rings is 1. The van der Waals surface area contributed by atoms with Gasteiger partial charge in [0.05, 0.1) is 18.8 Å². The molecule has 2 aromatic rings. The van der Waals surface area contributed by atoms with Crippen molar-refractivity contribution in [3.63, 3.8) is 0 Å². The Morgan fingerprint density at radius 2 is 1.95 bits per heavy atom. The predicted octanol–water partition coefficient (Wildman–Crippen LogP) is 2.61. The molecule has 4 nitrogen and oxygen atoms in total. The zero-order chi connectivity index (χ0) is 13.9. The number of aryl methyl sites for hydroxylation is 2. The van der Waals surface area contributed by atoms with Crippen LogP contribution in [-0.2, 0) is 12.8 Å². The molecule has 0 fully saturated rings. The Morgan fingerprint density at radius 3 is 2.60 bits per heavy atom. The quantitative estimate of drug-likeness (QED) is 0.898. The van der Waals surface area contributed by atoms with Crippen molar-refractivity contribution in [3.05, 3.63) is 47.0 Å². The van der Waals surface area contributed by atoms with Crippen LogP contribution in [0.4, 0.5) is 0 Å². The second kappa shape index (κ2) is 5.67. The van der Waals surface area contributed by atoms with E-state index < -0.39 is 0 Å². The second-order valence-electron chi connectivity index (χ2n) is 5.25. The van der Waals surface area contributed by atoms with E-state index in [2.05, 4.69) is 22.4 Å². The zero-order valence-electron chi connectivity index (χ0n) is 12.1. The Balaban J connectivity index is 1.90. The number of ether oxygens (including phenoxy) is 1. The molecule has 0 saturated carbocycles. The molecule has 0 saturated heterocycles. The van der Waals surface area contributed by atoms with Crippen LogP contribution in [0.3, 0.4) is 0 Å². The van der Waals surface area contributed by atoms with Crippen LogP contribution in [-0.4, -0.2) is 24.1 Å². The molecule has 3 rings (SSSR count). The second-order valence-corrected chi connectivity index (χ2v) is 5.25. The largest absolute Gasteiger partial charge is 0.497 e. The standard InChI is InChI=1S/C16H21N3O/c1-17-15(11-7-9-12(20-2)10-8-11)16-18-13-5-3-4-6-14(13)19-16/h7-10,15,17H,3-6H2,1-2H3,(H,18,19). The molecule has 4 heteroatoms. The third-order valence-electron chi connectivity index (χ3n) is 3.98. The van der Waals surface area contributed by atoms with E-state index in [1.807, 2.05) is 19.2 Å². The van der Waals surface area contributed by atoms with Gasteiger partial charge in [0.15, 0.2) is 0 Å². The monoisotopic (exact) mass is 271 g/mol. The van der Waals surface area contributed by atoms with Crippen LogP contribution in [0.2, 0.25) is 0 Å². The van der Waals surface area contributed by atoms with Crippen molar-refractivity contribution in [2.75, 3.05) is 14.2 Å². The van der Waals surface area contributed by atoms with Gasteiger partial charge in [-0.25, -0.2) is 4.98 Å². The van der Waals surface area contributed by atoms with Gasteiger partial charge in [-0.3, -0.25) is 0 Å². The summed E-state index contributed by atoms with van der Waals surface area (Å²) in [4.78, 5) is 8.30. The average Bonchev–Trinajstić information content (AvgIpc) is 2.92. The fraction of sp³-hybridized carbons (Fsp3) is 0.438. The number of fused-ring (bicyclic) bond motifs is 1. The summed E-state index contributed by atoms with van der Waals surface area (Å²) in [6, 6.07) is 8.25. The number of rotatable bonds is 4. The number of nitrogens with zero attached hydrogens (tertiary/aromatic N) is 1. The van der Waals surface area contributed by atoms with Crippen molar-refractivity contribution >= 4 is 0 Å². The SMILES string of the molecule is CNC(c1ccc(OC)cc1)c1nc2c([nH]1)CCCC2. The topological polar surface area (TPSA) is 49.9 Å². The number of aromatic nitrogens is 2. The van der Waals surface area contributed by atoms with Gasteiger partial charge in [0.2, 0.25) is 0 Å². The summed E-state index contributed by atoms with van der Waals surface area (Å²) in [5, 5.41) is 3.35. The molecule has 1 aromatic carbocycles. The van der Waals surface area contributed by atoms with Gasteiger partial charge in [-0.2, -0.15) is 0 Å². The van der Waals surface area contributed by atoms with Gasteiger partial charge in [-0.05, 0) is 50.4 Å². The van der Waals surface area contributed by atoms with Crippen molar-refractivity contribution in [1.82, 2.24) is 15.3 Å². The van der Waals surface area contributed by atoms with E-state index in [1.165, 1.54) is 29.8 Å². The number of H-pyrrole nitrogens is 1. The third kappa shape index (κ3) is 2.43. The van der Waals surface area contributed by atoms with Crippen LogP contribution >= 0.6 is 0 Å². The average molecular weight is 271 g/mol. The first-order valence-electron chi connectivity index (χ1n) is 7.20. The molecule has 1 aromatic heterocycles. The lowest BCUT2D eigenvalue weighted by atomic mass is 10.0. The van der Waals surface area contributed by atoms with E-state index in [-0.39, 0.29) is 6.04 Å². The lowest BCUT2D eigenvalue weighted by molar-refractivity contribution is 0.414. The maximum absolute atomic E-state index is 5.21. The molecule has 20 heavy (non-hydrogen) atoms. The number of aromatic amines is 1. The Hall–Kier alpha value is -1.81. The summed E-state index contributed by atoms with van der Waals surface area (Å²) < 4.78 is 5.21. The molecular weight excluding hydrogens is 250 g/mol. The van der Waals surface area contributed by atoms with Gasteiger partial charge < -0.3 is 15.0 Å². The van der Waals surface area contributed by atoms with Gasteiger partial charge in [-0.15, -0.1) is 0 Å². The molecular formula is C16H21N3O. The van der Waals surface area contributed by atoms with Crippen LogP contribution in [0.5, 0.6) is 5.75 Å². The van der Waals surface area contributed by atoms with Gasteiger partial charge in [0.25, 0.3) is 0 Å². The fourth-order valence-corrected chi connectivity index (χ4v) is 2.87. The number of methoxy groups -OCH3 is 1. The van der Waals surface area contributed by atoms with E-state index in [4.69, 9.17) is 9.72 Å². The minimum atomic E-state index is 0.103. The van der Waals surface area contributed by atoms with Crippen molar-refractivity contribution in [2.24, 2.45) is 0 Å². The predicted molar refractivity (Wildman–Crippen MR) is 79.1 cm³/mol. The Morgan fingerprint density at radius 1 is 1.20 bits per heavy atom. The van der Waals surface area contributed by atoms with Gasteiger partial charge in [0.1, 0.15) is 11.6 Å². The normalized spacial score (nSPS) is 15.7. The minimum Gasteiger partial charge on any atom is -0.497 e. The van der Waals surface area contributed by atoms with Crippen LogP contribution in [0.15, 0.2) is 24.3 Å². The molecule has 0 amide bonds. The molecule has 106 valence electrons. The molecule has 1 heterocycles. The Labute approximate surface area is 119 Å².